The van der Waals surface area contributed by atoms with E-state index in [2.05, 4.69) is 20.3 Å². The number of nitrogens with one attached hydrogen (secondary N) is 1. The number of hydrogen-bond acceptors (Lipinski definition) is 5. The molecule has 2 aromatic heterocycles. The highest BCUT2D eigenvalue weighted by atomic mass is 19.1. The molecule has 0 spiro atoms. The van der Waals surface area contributed by atoms with Gasteiger partial charge in [-0.3, -0.25) is 9.78 Å². The second-order valence-electron chi connectivity index (χ2n) is 6.59. The Bertz CT molecular complexity index is 981. The molecule has 0 fully saturated rings. The van der Waals surface area contributed by atoms with Crippen molar-refractivity contribution < 1.29 is 13.9 Å². The highest BCUT2D eigenvalue weighted by molar-refractivity contribution is 5.78. The number of nitrogens with zero attached hydrogens (tertiary/aromatic N) is 3. The summed E-state index contributed by atoms with van der Waals surface area (Å²) in [7, 11) is 0. The van der Waals surface area contributed by atoms with Crippen LogP contribution in [-0.2, 0) is 11.2 Å². The third-order valence-corrected chi connectivity index (χ3v) is 4.62. The van der Waals surface area contributed by atoms with E-state index in [0.29, 0.717) is 11.6 Å². The van der Waals surface area contributed by atoms with E-state index in [4.69, 9.17) is 4.74 Å². The second-order valence-corrected chi connectivity index (χ2v) is 6.59. The van der Waals surface area contributed by atoms with E-state index < -0.39 is 5.82 Å². The molecule has 0 aliphatic heterocycles. The van der Waals surface area contributed by atoms with Gasteiger partial charge in [-0.25, -0.2) is 14.4 Å². The number of halogens is 1. The minimum absolute atomic E-state index is 0.154. The fraction of sp³-hybridized carbons (Fsp3) is 0.238. The monoisotopic (exact) mass is 378 g/mol. The summed E-state index contributed by atoms with van der Waals surface area (Å²) in [5.41, 5.74) is 2.79. The first-order valence-corrected chi connectivity index (χ1v) is 9.13. The molecule has 1 aliphatic rings. The van der Waals surface area contributed by atoms with Crippen molar-refractivity contribution in [2.45, 2.75) is 25.3 Å². The van der Waals surface area contributed by atoms with Gasteiger partial charge in [0.1, 0.15) is 11.6 Å². The SMILES string of the molecule is O=C(COc1cccc(F)c1)NC1CCCc2nc(-c3ccncc3)ncc21. The Balaban J connectivity index is 1.43. The van der Waals surface area contributed by atoms with Gasteiger partial charge in [0.05, 0.1) is 6.04 Å². The quantitative estimate of drug-likeness (QED) is 0.737. The van der Waals surface area contributed by atoms with Crippen LogP contribution in [-0.4, -0.2) is 27.5 Å². The fourth-order valence-corrected chi connectivity index (χ4v) is 3.28. The molecule has 1 aromatic carbocycles. The van der Waals surface area contributed by atoms with Crippen LogP contribution in [0.2, 0.25) is 0 Å². The first kappa shape index (κ1) is 18.0. The summed E-state index contributed by atoms with van der Waals surface area (Å²) in [5, 5.41) is 2.97. The molecule has 4 rings (SSSR count). The molecule has 1 aliphatic carbocycles. The standard InChI is InChI=1S/C21H19FN4O2/c22-15-3-1-4-16(11-15)28-13-20(27)25-18-5-2-6-19-17(18)12-24-21(26-19)14-7-9-23-10-8-14/h1,3-4,7-12,18H,2,5-6,13H2,(H,25,27). The van der Waals surface area contributed by atoms with Crippen LogP contribution >= 0.6 is 0 Å². The molecule has 142 valence electrons. The van der Waals surface area contributed by atoms with Crippen molar-refractivity contribution in [1.29, 1.82) is 0 Å². The molecule has 1 amide bonds. The first-order valence-electron chi connectivity index (χ1n) is 9.13. The molecular weight excluding hydrogens is 359 g/mol. The van der Waals surface area contributed by atoms with Crippen LogP contribution in [0.15, 0.2) is 55.0 Å². The summed E-state index contributed by atoms with van der Waals surface area (Å²) < 4.78 is 18.6. The number of ether oxygens (including phenoxy) is 1. The van der Waals surface area contributed by atoms with Crippen molar-refractivity contribution in [3.05, 3.63) is 72.1 Å². The average molecular weight is 378 g/mol. The fourth-order valence-electron chi connectivity index (χ4n) is 3.28. The molecule has 1 unspecified atom stereocenters. The molecule has 0 saturated heterocycles. The minimum atomic E-state index is -0.402. The van der Waals surface area contributed by atoms with Gasteiger partial charge in [-0.05, 0) is 43.5 Å². The van der Waals surface area contributed by atoms with Gasteiger partial charge in [0.2, 0.25) is 0 Å². The number of pyridine rings is 1. The van der Waals surface area contributed by atoms with Crippen LogP contribution in [0.5, 0.6) is 5.75 Å². The van der Waals surface area contributed by atoms with Crippen LogP contribution in [0.25, 0.3) is 11.4 Å². The maximum absolute atomic E-state index is 13.2. The van der Waals surface area contributed by atoms with Crippen LogP contribution in [0, 0.1) is 5.82 Å². The van der Waals surface area contributed by atoms with Crippen LogP contribution in [0.3, 0.4) is 0 Å². The highest BCUT2D eigenvalue weighted by Gasteiger charge is 2.24. The lowest BCUT2D eigenvalue weighted by Gasteiger charge is -2.25. The first-order chi connectivity index (χ1) is 13.7. The zero-order valence-electron chi connectivity index (χ0n) is 15.1. The Morgan fingerprint density at radius 1 is 1.25 bits per heavy atom. The van der Waals surface area contributed by atoms with Gasteiger partial charge in [0.25, 0.3) is 5.91 Å². The molecule has 3 aromatic rings. The number of amides is 1. The van der Waals surface area contributed by atoms with Crippen molar-refractivity contribution in [3.8, 4) is 17.1 Å². The van der Waals surface area contributed by atoms with E-state index in [0.717, 1.165) is 36.1 Å². The Hall–Kier alpha value is -3.35. The third-order valence-electron chi connectivity index (χ3n) is 4.62. The number of fused-ring (bicyclic) bond motifs is 1. The third kappa shape index (κ3) is 4.14. The Morgan fingerprint density at radius 3 is 2.93 bits per heavy atom. The van der Waals surface area contributed by atoms with Crippen LogP contribution < -0.4 is 10.1 Å². The molecule has 6 nitrogen and oxygen atoms in total. The number of benzene rings is 1. The average Bonchev–Trinajstić information content (AvgIpc) is 2.73. The molecule has 0 bridgehead atoms. The van der Waals surface area contributed by atoms with Gasteiger partial charge in [0, 0.05) is 41.5 Å². The summed E-state index contributed by atoms with van der Waals surface area (Å²) in [6, 6.07) is 9.31. The molecule has 0 radical (unpaired) electrons. The van der Waals surface area contributed by atoms with Gasteiger partial charge in [0.15, 0.2) is 12.4 Å². The molecule has 2 heterocycles. The van der Waals surface area contributed by atoms with E-state index in [9.17, 15) is 9.18 Å². The van der Waals surface area contributed by atoms with Gasteiger partial charge < -0.3 is 10.1 Å². The van der Waals surface area contributed by atoms with Crippen molar-refractivity contribution in [2.75, 3.05) is 6.61 Å². The van der Waals surface area contributed by atoms with E-state index in [-0.39, 0.29) is 18.6 Å². The minimum Gasteiger partial charge on any atom is -0.484 e. The Kier molecular flexibility index (Phi) is 5.23. The Morgan fingerprint density at radius 2 is 2.11 bits per heavy atom. The van der Waals surface area contributed by atoms with E-state index in [1.165, 1.54) is 18.2 Å². The molecular formula is C21H19FN4O2. The largest absolute Gasteiger partial charge is 0.484 e. The summed E-state index contributed by atoms with van der Waals surface area (Å²) in [5.74, 6) is 0.314. The molecule has 1 N–H and O–H groups in total. The number of aromatic nitrogens is 3. The van der Waals surface area contributed by atoms with Gasteiger partial charge in [-0.15, -0.1) is 0 Å². The molecule has 1 atom stereocenters. The zero-order valence-corrected chi connectivity index (χ0v) is 15.1. The smallest absolute Gasteiger partial charge is 0.258 e. The maximum Gasteiger partial charge on any atom is 0.258 e. The summed E-state index contributed by atoms with van der Waals surface area (Å²) in [6.07, 6.45) is 7.80. The number of hydrogen-bond donors (Lipinski definition) is 1. The summed E-state index contributed by atoms with van der Waals surface area (Å²) in [4.78, 5) is 25.4. The zero-order chi connectivity index (χ0) is 19.3. The topological polar surface area (TPSA) is 77.0 Å². The van der Waals surface area contributed by atoms with Crippen molar-refractivity contribution in [2.24, 2.45) is 0 Å². The normalized spacial score (nSPS) is 15.5. The highest BCUT2D eigenvalue weighted by Crippen LogP contribution is 2.29. The van der Waals surface area contributed by atoms with Crippen molar-refractivity contribution in [3.63, 3.8) is 0 Å². The lowest BCUT2D eigenvalue weighted by atomic mass is 9.92. The van der Waals surface area contributed by atoms with Crippen LogP contribution in [0.4, 0.5) is 4.39 Å². The summed E-state index contributed by atoms with van der Waals surface area (Å²) >= 11 is 0. The van der Waals surface area contributed by atoms with Crippen molar-refractivity contribution >= 4 is 5.91 Å². The van der Waals surface area contributed by atoms with Crippen molar-refractivity contribution in [1.82, 2.24) is 20.3 Å². The Labute approximate surface area is 161 Å². The van der Waals surface area contributed by atoms with Crippen LogP contribution in [0.1, 0.15) is 30.1 Å². The van der Waals surface area contributed by atoms with Gasteiger partial charge in [-0.2, -0.15) is 0 Å². The second kappa shape index (κ2) is 8.12. The lowest BCUT2D eigenvalue weighted by Crippen LogP contribution is -2.34. The lowest BCUT2D eigenvalue weighted by molar-refractivity contribution is -0.124. The van der Waals surface area contributed by atoms with E-state index in [1.807, 2.05) is 12.1 Å². The molecule has 28 heavy (non-hydrogen) atoms. The number of carbonyl (C=O) groups is 1. The number of aryl methyl sites for hydroxylation is 1. The molecule has 7 heteroatoms. The number of carbonyl (C=O) groups excluding carboxylic acids is 1. The molecule has 0 saturated carbocycles. The summed E-state index contributed by atoms with van der Waals surface area (Å²) in [6.45, 7) is -0.175. The van der Waals surface area contributed by atoms with E-state index >= 15 is 0 Å². The van der Waals surface area contributed by atoms with E-state index in [1.54, 1.807) is 24.7 Å². The maximum atomic E-state index is 13.2. The van der Waals surface area contributed by atoms with Gasteiger partial charge >= 0.3 is 0 Å². The predicted octanol–water partition coefficient (Wildman–Crippen LogP) is 3.25. The van der Waals surface area contributed by atoms with Gasteiger partial charge in [-0.1, -0.05) is 6.07 Å². The predicted molar refractivity (Wildman–Crippen MR) is 101 cm³/mol. The number of rotatable bonds is 5.